The van der Waals surface area contributed by atoms with Gasteiger partial charge in [0.2, 0.25) is 0 Å². The molecule has 2 unspecified atom stereocenters. The molecule has 2 atom stereocenters. The van der Waals surface area contributed by atoms with Crippen LogP contribution in [0.4, 0.5) is 5.88 Å². The second-order valence-electron chi connectivity index (χ2n) is 4.21. The third-order valence-corrected chi connectivity index (χ3v) is 2.85. The minimum atomic E-state index is -0.677. The van der Waals surface area contributed by atoms with Crippen molar-refractivity contribution in [1.82, 2.24) is 0 Å². The van der Waals surface area contributed by atoms with Crippen molar-refractivity contribution >= 4 is 11.9 Å². The van der Waals surface area contributed by atoms with Gasteiger partial charge in [-0.25, -0.2) is 0 Å². The van der Waals surface area contributed by atoms with Crippen molar-refractivity contribution in [2.24, 2.45) is 11.8 Å². The lowest BCUT2D eigenvalue weighted by Gasteiger charge is -2.15. The van der Waals surface area contributed by atoms with Crippen LogP contribution in [-0.2, 0) is 4.79 Å². The number of rotatable bonds is 4. The van der Waals surface area contributed by atoms with E-state index in [9.17, 15) is 4.79 Å². The van der Waals surface area contributed by atoms with Gasteiger partial charge in [-0.2, -0.15) is 0 Å². The first-order valence-corrected chi connectivity index (χ1v) is 5.08. The fourth-order valence-electron chi connectivity index (χ4n) is 1.82. The van der Waals surface area contributed by atoms with E-state index in [1.807, 2.05) is 31.0 Å². The molecule has 4 nitrogen and oxygen atoms in total. The highest BCUT2D eigenvalue weighted by Crippen LogP contribution is 2.39. The Morgan fingerprint density at radius 3 is 2.87 bits per heavy atom. The molecular weight excluding hydrogens is 194 g/mol. The van der Waals surface area contributed by atoms with Crippen LogP contribution in [0.5, 0.6) is 0 Å². The molecule has 82 valence electrons. The third-order valence-electron chi connectivity index (χ3n) is 2.85. The molecule has 1 N–H and O–H groups in total. The van der Waals surface area contributed by atoms with Gasteiger partial charge in [-0.1, -0.05) is 0 Å². The van der Waals surface area contributed by atoms with Gasteiger partial charge in [0.15, 0.2) is 5.88 Å². The topological polar surface area (TPSA) is 53.7 Å². The van der Waals surface area contributed by atoms with Gasteiger partial charge in [-0.05, 0) is 25.3 Å². The highest BCUT2D eigenvalue weighted by Gasteiger charge is 2.43. The Morgan fingerprint density at radius 2 is 2.40 bits per heavy atom. The predicted octanol–water partition coefficient (Wildman–Crippen LogP) is 1.74. The molecule has 1 aliphatic carbocycles. The molecular formula is C11H15NO3. The minimum absolute atomic E-state index is 0.150. The van der Waals surface area contributed by atoms with E-state index >= 15 is 0 Å². The summed E-state index contributed by atoms with van der Waals surface area (Å²) in [6.45, 7) is 2.65. The number of carboxylic acids is 1. The van der Waals surface area contributed by atoms with Crippen LogP contribution in [0, 0.1) is 18.8 Å². The maximum atomic E-state index is 10.7. The summed E-state index contributed by atoms with van der Waals surface area (Å²) in [7, 11) is 1.93. The second-order valence-corrected chi connectivity index (χ2v) is 4.21. The van der Waals surface area contributed by atoms with Crippen molar-refractivity contribution in [3.63, 3.8) is 0 Å². The lowest BCUT2D eigenvalue weighted by atomic mass is 10.3. The Labute approximate surface area is 88.5 Å². The molecule has 1 aromatic heterocycles. The van der Waals surface area contributed by atoms with Gasteiger partial charge in [0.1, 0.15) is 5.76 Å². The lowest BCUT2D eigenvalue weighted by molar-refractivity contribution is -0.138. The van der Waals surface area contributed by atoms with E-state index in [4.69, 9.17) is 9.52 Å². The molecule has 0 aromatic carbocycles. The van der Waals surface area contributed by atoms with Crippen molar-refractivity contribution < 1.29 is 14.3 Å². The number of anilines is 1. The van der Waals surface area contributed by atoms with Crippen LogP contribution in [0.2, 0.25) is 0 Å². The highest BCUT2D eigenvalue weighted by atomic mass is 16.4. The van der Waals surface area contributed by atoms with Gasteiger partial charge in [0, 0.05) is 19.7 Å². The molecule has 1 aromatic rings. The van der Waals surface area contributed by atoms with Crippen LogP contribution in [0.1, 0.15) is 12.2 Å². The molecule has 0 amide bonds. The molecule has 0 saturated heterocycles. The van der Waals surface area contributed by atoms with E-state index in [1.165, 1.54) is 0 Å². The van der Waals surface area contributed by atoms with Crippen molar-refractivity contribution in [2.45, 2.75) is 13.3 Å². The van der Waals surface area contributed by atoms with Crippen LogP contribution in [-0.4, -0.2) is 24.7 Å². The molecule has 15 heavy (non-hydrogen) atoms. The van der Waals surface area contributed by atoms with Crippen LogP contribution < -0.4 is 4.90 Å². The maximum Gasteiger partial charge on any atom is 0.306 e. The van der Waals surface area contributed by atoms with E-state index in [0.717, 1.165) is 24.6 Å². The van der Waals surface area contributed by atoms with Gasteiger partial charge in [-0.3, -0.25) is 4.79 Å². The number of hydrogen-bond acceptors (Lipinski definition) is 3. The van der Waals surface area contributed by atoms with Crippen molar-refractivity contribution in [3.8, 4) is 0 Å². The Balaban J connectivity index is 1.89. The second kappa shape index (κ2) is 3.61. The monoisotopic (exact) mass is 209 g/mol. The summed E-state index contributed by atoms with van der Waals surface area (Å²) in [6.07, 6.45) is 0.791. The fourth-order valence-corrected chi connectivity index (χ4v) is 1.82. The largest absolute Gasteiger partial charge is 0.481 e. The number of carboxylic acid groups (broad SMARTS) is 1. The first kappa shape index (κ1) is 10.1. The number of furan rings is 1. The Bertz CT molecular complexity index is 372. The molecule has 1 heterocycles. The van der Waals surface area contributed by atoms with E-state index in [1.54, 1.807) is 0 Å². The zero-order chi connectivity index (χ0) is 11.0. The smallest absolute Gasteiger partial charge is 0.306 e. The summed E-state index contributed by atoms with van der Waals surface area (Å²) < 4.78 is 5.45. The molecule has 4 heteroatoms. The SMILES string of the molecule is Cc1ccc(N(C)CC2CC2C(=O)O)o1. The first-order chi connectivity index (χ1) is 7.08. The number of hydrogen-bond donors (Lipinski definition) is 1. The van der Waals surface area contributed by atoms with Gasteiger partial charge in [-0.15, -0.1) is 0 Å². The van der Waals surface area contributed by atoms with Gasteiger partial charge in [0.05, 0.1) is 5.92 Å². The average Bonchev–Trinajstić information content (AvgIpc) is 2.79. The van der Waals surface area contributed by atoms with Gasteiger partial charge in [0.25, 0.3) is 0 Å². The summed E-state index contributed by atoms with van der Waals surface area (Å²) in [5, 5.41) is 8.77. The summed E-state index contributed by atoms with van der Waals surface area (Å²) >= 11 is 0. The molecule has 1 aliphatic rings. The minimum Gasteiger partial charge on any atom is -0.481 e. The zero-order valence-electron chi connectivity index (χ0n) is 8.93. The summed E-state index contributed by atoms with van der Waals surface area (Å²) in [5.41, 5.74) is 0. The standard InChI is InChI=1S/C11H15NO3/c1-7-3-4-10(15-7)12(2)6-8-5-9(8)11(13)14/h3-4,8-9H,5-6H2,1-2H3,(H,13,14). The van der Waals surface area contributed by atoms with E-state index in [-0.39, 0.29) is 11.8 Å². The van der Waals surface area contributed by atoms with E-state index < -0.39 is 5.97 Å². The van der Waals surface area contributed by atoms with Crippen LogP contribution in [0.25, 0.3) is 0 Å². The van der Waals surface area contributed by atoms with Gasteiger partial charge >= 0.3 is 5.97 Å². The molecule has 0 radical (unpaired) electrons. The number of aliphatic carboxylic acids is 1. The highest BCUT2D eigenvalue weighted by molar-refractivity contribution is 5.73. The first-order valence-electron chi connectivity index (χ1n) is 5.08. The van der Waals surface area contributed by atoms with Crippen molar-refractivity contribution in [3.05, 3.63) is 17.9 Å². The molecule has 0 spiro atoms. The van der Waals surface area contributed by atoms with Crippen LogP contribution >= 0.6 is 0 Å². The number of carbonyl (C=O) groups is 1. The van der Waals surface area contributed by atoms with E-state index in [0.29, 0.717) is 0 Å². The van der Waals surface area contributed by atoms with Gasteiger partial charge < -0.3 is 14.4 Å². The van der Waals surface area contributed by atoms with Crippen molar-refractivity contribution in [1.29, 1.82) is 0 Å². The summed E-state index contributed by atoms with van der Waals surface area (Å²) in [4.78, 5) is 12.6. The Morgan fingerprint density at radius 1 is 1.67 bits per heavy atom. The fraction of sp³-hybridized carbons (Fsp3) is 0.545. The molecule has 2 rings (SSSR count). The normalized spacial score (nSPS) is 23.9. The van der Waals surface area contributed by atoms with Crippen molar-refractivity contribution in [2.75, 3.05) is 18.5 Å². The third kappa shape index (κ3) is 2.14. The Kier molecular flexibility index (Phi) is 2.42. The van der Waals surface area contributed by atoms with Crippen LogP contribution in [0.3, 0.4) is 0 Å². The number of aryl methyl sites for hydroxylation is 1. The predicted molar refractivity (Wildman–Crippen MR) is 55.9 cm³/mol. The molecule has 0 aliphatic heterocycles. The maximum absolute atomic E-state index is 10.7. The van der Waals surface area contributed by atoms with E-state index in [2.05, 4.69) is 0 Å². The van der Waals surface area contributed by atoms with Crippen LogP contribution in [0.15, 0.2) is 16.5 Å². The molecule has 1 fully saturated rings. The number of nitrogens with zero attached hydrogens (tertiary/aromatic N) is 1. The summed E-state index contributed by atoms with van der Waals surface area (Å²) in [5.74, 6) is 1.14. The molecule has 1 saturated carbocycles. The average molecular weight is 209 g/mol. The summed E-state index contributed by atoms with van der Waals surface area (Å²) in [6, 6.07) is 3.82. The Hall–Kier alpha value is -1.45. The lowest BCUT2D eigenvalue weighted by Crippen LogP contribution is -2.20. The quantitative estimate of drug-likeness (QED) is 0.820. The molecule has 0 bridgehead atoms. The zero-order valence-corrected chi connectivity index (χ0v) is 8.93.